The van der Waals surface area contributed by atoms with E-state index >= 15 is 0 Å². The van der Waals surface area contributed by atoms with Crippen molar-refractivity contribution in [3.8, 4) is 0 Å². The standard InChI is InChI=1S/C25H26N2O4/c1-17(28)26-22(15-18-8-4-3-5-9-18)24(29)27-23(25(30)31-2)16-19-12-13-20-10-6-7-11-21(20)14-19/h3-14,22-23H,15-16H2,1-2H3,(H,26,28)(H,27,29)/t22-,23+/m1/s1. The molecule has 0 unspecified atom stereocenters. The summed E-state index contributed by atoms with van der Waals surface area (Å²) in [5, 5.41) is 7.58. The average molecular weight is 418 g/mol. The van der Waals surface area contributed by atoms with E-state index in [0.717, 1.165) is 21.9 Å². The van der Waals surface area contributed by atoms with Gasteiger partial charge in [0, 0.05) is 19.8 Å². The molecule has 0 saturated heterocycles. The van der Waals surface area contributed by atoms with Gasteiger partial charge in [-0.1, -0.05) is 72.8 Å². The van der Waals surface area contributed by atoms with Crippen LogP contribution in [0.15, 0.2) is 72.8 Å². The minimum atomic E-state index is -0.870. The molecule has 0 fully saturated rings. The topological polar surface area (TPSA) is 84.5 Å². The third kappa shape index (κ3) is 6.15. The number of nitrogens with one attached hydrogen (secondary N) is 2. The van der Waals surface area contributed by atoms with E-state index in [-0.39, 0.29) is 12.3 Å². The SMILES string of the molecule is COC(=O)[C@H](Cc1ccc2ccccc2c1)NC(=O)[C@@H](Cc1ccccc1)NC(C)=O. The van der Waals surface area contributed by atoms with Gasteiger partial charge in [-0.3, -0.25) is 9.59 Å². The van der Waals surface area contributed by atoms with E-state index in [9.17, 15) is 14.4 Å². The van der Waals surface area contributed by atoms with Crippen LogP contribution in [0.4, 0.5) is 0 Å². The van der Waals surface area contributed by atoms with Crippen molar-refractivity contribution in [3.05, 3.63) is 83.9 Å². The maximum atomic E-state index is 13.0. The summed E-state index contributed by atoms with van der Waals surface area (Å²) in [6.07, 6.45) is 0.595. The molecule has 0 aliphatic carbocycles. The molecule has 3 rings (SSSR count). The van der Waals surface area contributed by atoms with E-state index in [0.29, 0.717) is 6.42 Å². The normalized spacial score (nSPS) is 12.6. The molecule has 3 aromatic carbocycles. The van der Waals surface area contributed by atoms with E-state index in [1.165, 1.54) is 14.0 Å². The van der Waals surface area contributed by atoms with Gasteiger partial charge in [0.2, 0.25) is 11.8 Å². The van der Waals surface area contributed by atoms with Crippen molar-refractivity contribution in [1.29, 1.82) is 0 Å². The maximum absolute atomic E-state index is 13.0. The zero-order chi connectivity index (χ0) is 22.2. The van der Waals surface area contributed by atoms with Crippen LogP contribution in [-0.2, 0) is 32.0 Å². The zero-order valence-electron chi connectivity index (χ0n) is 17.6. The van der Waals surface area contributed by atoms with Gasteiger partial charge in [0.05, 0.1) is 7.11 Å². The van der Waals surface area contributed by atoms with Crippen molar-refractivity contribution in [1.82, 2.24) is 10.6 Å². The minimum Gasteiger partial charge on any atom is -0.467 e. The number of hydrogen-bond acceptors (Lipinski definition) is 4. The Kier molecular flexibility index (Phi) is 7.38. The van der Waals surface area contributed by atoms with Crippen molar-refractivity contribution in [3.63, 3.8) is 0 Å². The van der Waals surface area contributed by atoms with Crippen LogP contribution in [0.1, 0.15) is 18.1 Å². The minimum absolute atomic E-state index is 0.279. The van der Waals surface area contributed by atoms with Crippen molar-refractivity contribution in [2.45, 2.75) is 31.8 Å². The molecule has 0 bridgehead atoms. The fraction of sp³-hybridized carbons (Fsp3) is 0.240. The summed E-state index contributed by atoms with van der Waals surface area (Å²) in [6.45, 7) is 1.36. The number of amides is 2. The smallest absolute Gasteiger partial charge is 0.328 e. The first-order valence-electron chi connectivity index (χ1n) is 10.1. The molecule has 0 heterocycles. The fourth-order valence-electron chi connectivity index (χ4n) is 3.51. The molecule has 0 aliphatic rings. The van der Waals surface area contributed by atoms with Crippen LogP contribution in [0.5, 0.6) is 0 Å². The Bertz CT molecular complexity index is 1070. The molecule has 2 amide bonds. The van der Waals surface area contributed by atoms with E-state index in [1.807, 2.05) is 72.8 Å². The van der Waals surface area contributed by atoms with Gasteiger partial charge in [-0.25, -0.2) is 4.79 Å². The first kappa shape index (κ1) is 22.0. The van der Waals surface area contributed by atoms with E-state index < -0.39 is 24.0 Å². The van der Waals surface area contributed by atoms with E-state index in [2.05, 4.69) is 10.6 Å². The van der Waals surface area contributed by atoms with Crippen molar-refractivity contribution >= 4 is 28.6 Å². The number of methoxy groups -OCH3 is 1. The van der Waals surface area contributed by atoms with E-state index in [4.69, 9.17) is 4.74 Å². The number of rotatable bonds is 8. The second-order valence-corrected chi connectivity index (χ2v) is 7.41. The molecule has 0 saturated carbocycles. The predicted molar refractivity (Wildman–Crippen MR) is 119 cm³/mol. The van der Waals surface area contributed by atoms with Gasteiger partial charge in [0.15, 0.2) is 0 Å². The summed E-state index contributed by atoms with van der Waals surface area (Å²) < 4.78 is 4.91. The number of esters is 1. The molecule has 0 radical (unpaired) electrons. The number of ether oxygens (including phenoxy) is 1. The molecule has 31 heavy (non-hydrogen) atoms. The molecule has 0 aromatic heterocycles. The van der Waals surface area contributed by atoms with Crippen molar-refractivity contribution in [2.24, 2.45) is 0 Å². The molecular formula is C25H26N2O4. The molecule has 160 valence electrons. The Hall–Kier alpha value is -3.67. The first-order valence-corrected chi connectivity index (χ1v) is 10.1. The summed E-state index contributed by atoms with van der Waals surface area (Å²) in [4.78, 5) is 37.0. The summed E-state index contributed by atoms with van der Waals surface area (Å²) in [5.74, 6) is -1.29. The second-order valence-electron chi connectivity index (χ2n) is 7.41. The molecule has 3 aromatic rings. The van der Waals surface area contributed by atoms with Crippen LogP contribution in [-0.4, -0.2) is 37.0 Å². The summed E-state index contributed by atoms with van der Waals surface area (Å²) >= 11 is 0. The number of hydrogen-bond donors (Lipinski definition) is 2. The number of fused-ring (bicyclic) bond motifs is 1. The van der Waals surface area contributed by atoms with Gasteiger partial charge in [-0.15, -0.1) is 0 Å². The Balaban J connectivity index is 1.77. The first-order chi connectivity index (χ1) is 15.0. The highest BCUT2D eigenvalue weighted by atomic mass is 16.5. The lowest BCUT2D eigenvalue weighted by atomic mass is 10.0. The lowest BCUT2D eigenvalue weighted by Crippen LogP contribution is -2.53. The Labute approximate surface area is 181 Å². The second kappa shape index (κ2) is 10.4. The maximum Gasteiger partial charge on any atom is 0.328 e. The lowest BCUT2D eigenvalue weighted by Gasteiger charge is -2.22. The van der Waals surface area contributed by atoms with Crippen LogP contribution in [0.25, 0.3) is 10.8 Å². The number of carbonyl (C=O) groups is 3. The highest BCUT2D eigenvalue weighted by molar-refractivity contribution is 5.91. The highest BCUT2D eigenvalue weighted by Gasteiger charge is 2.27. The lowest BCUT2D eigenvalue weighted by molar-refractivity contribution is -0.145. The van der Waals surface area contributed by atoms with E-state index in [1.54, 1.807) is 0 Å². The third-order valence-electron chi connectivity index (χ3n) is 5.03. The number of benzene rings is 3. The van der Waals surface area contributed by atoms with Crippen LogP contribution in [0.3, 0.4) is 0 Å². The molecule has 2 N–H and O–H groups in total. The zero-order valence-corrected chi connectivity index (χ0v) is 17.6. The van der Waals surface area contributed by atoms with Gasteiger partial charge in [-0.05, 0) is 21.9 Å². The van der Waals surface area contributed by atoms with Gasteiger partial charge >= 0.3 is 5.97 Å². The van der Waals surface area contributed by atoms with Gasteiger partial charge in [0.25, 0.3) is 0 Å². The van der Waals surface area contributed by atoms with Crippen LogP contribution < -0.4 is 10.6 Å². The monoisotopic (exact) mass is 418 g/mol. The highest BCUT2D eigenvalue weighted by Crippen LogP contribution is 2.17. The molecule has 0 aliphatic heterocycles. The summed E-state index contributed by atoms with van der Waals surface area (Å²) in [6, 6.07) is 21.6. The number of carbonyl (C=O) groups excluding carboxylic acids is 3. The van der Waals surface area contributed by atoms with Crippen LogP contribution >= 0.6 is 0 Å². The Morgan fingerprint density at radius 3 is 2.10 bits per heavy atom. The van der Waals surface area contributed by atoms with Crippen LogP contribution in [0, 0.1) is 0 Å². The molecule has 2 atom stereocenters. The molecule has 0 spiro atoms. The molecular weight excluding hydrogens is 392 g/mol. The largest absolute Gasteiger partial charge is 0.467 e. The quantitative estimate of drug-likeness (QED) is 0.551. The van der Waals surface area contributed by atoms with Gasteiger partial charge < -0.3 is 15.4 Å². The average Bonchev–Trinajstić information content (AvgIpc) is 2.78. The third-order valence-corrected chi connectivity index (χ3v) is 5.03. The van der Waals surface area contributed by atoms with Gasteiger partial charge in [-0.2, -0.15) is 0 Å². The van der Waals surface area contributed by atoms with Crippen LogP contribution in [0.2, 0.25) is 0 Å². The van der Waals surface area contributed by atoms with Crippen molar-refractivity contribution < 1.29 is 19.1 Å². The summed E-state index contributed by atoms with van der Waals surface area (Å²) in [7, 11) is 1.29. The van der Waals surface area contributed by atoms with Crippen molar-refractivity contribution in [2.75, 3.05) is 7.11 Å². The fourth-order valence-corrected chi connectivity index (χ4v) is 3.51. The van der Waals surface area contributed by atoms with Gasteiger partial charge in [0.1, 0.15) is 12.1 Å². The Morgan fingerprint density at radius 2 is 1.42 bits per heavy atom. The summed E-state index contributed by atoms with van der Waals surface area (Å²) in [5.41, 5.74) is 1.80. The molecule has 6 nitrogen and oxygen atoms in total. The molecule has 6 heteroatoms. The Morgan fingerprint density at radius 1 is 0.774 bits per heavy atom. The predicted octanol–water partition coefficient (Wildman–Crippen LogP) is 2.79.